The topological polar surface area (TPSA) is 54.5 Å². The number of halogens is 3. The minimum atomic E-state index is -4.38. The van der Waals surface area contributed by atoms with Crippen LogP contribution in [0.4, 0.5) is 13.2 Å². The van der Waals surface area contributed by atoms with Crippen LogP contribution >= 0.6 is 0 Å². The molecule has 5 nitrogen and oxygen atoms in total. The van der Waals surface area contributed by atoms with E-state index in [1.807, 2.05) is 12.1 Å². The monoisotopic (exact) mass is 485 g/mol. The number of alkyl halides is 3. The number of hydrogen-bond acceptors (Lipinski definition) is 4. The quantitative estimate of drug-likeness (QED) is 0.603. The van der Waals surface area contributed by atoms with E-state index < -0.39 is 11.7 Å². The average molecular weight is 486 g/mol. The van der Waals surface area contributed by atoms with E-state index in [-0.39, 0.29) is 30.0 Å². The van der Waals surface area contributed by atoms with Gasteiger partial charge in [-0.15, -0.1) is 0 Å². The Morgan fingerprint density at radius 3 is 2.63 bits per heavy atom. The molecule has 0 radical (unpaired) electrons. The first kappa shape index (κ1) is 23.9. The maximum Gasteiger partial charge on any atom is 0.418 e. The molecule has 0 unspecified atom stereocenters. The van der Waals surface area contributed by atoms with Gasteiger partial charge in [0.1, 0.15) is 12.4 Å². The molecule has 1 aromatic heterocycles. The van der Waals surface area contributed by atoms with Crippen molar-refractivity contribution in [3.8, 4) is 5.75 Å². The first-order chi connectivity index (χ1) is 16.7. The molecule has 1 N–H and O–H groups in total. The second-order valence-electron chi connectivity index (χ2n) is 9.85. The predicted octanol–water partition coefficient (Wildman–Crippen LogP) is 4.95. The number of amides is 1. The number of allylic oxidation sites excluding steroid dienone is 1. The highest BCUT2D eigenvalue weighted by molar-refractivity contribution is 5.79. The number of carbonyl (C=O) groups excluding carboxylic acids is 1. The largest absolute Gasteiger partial charge is 0.487 e. The number of aromatic nitrogens is 1. The van der Waals surface area contributed by atoms with E-state index in [4.69, 9.17) is 4.74 Å². The summed E-state index contributed by atoms with van der Waals surface area (Å²) in [6, 6.07) is 8.57. The number of hydrogen-bond donors (Lipinski definition) is 1. The maximum atomic E-state index is 13.3. The smallest absolute Gasteiger partial charge is 0.418 e. The molecule has 2 fully saturated rings. The lowest BCUT2D eigenvalue weighted by molar-refractivity contribution is -0.138. The SMILES string of the molecule is CNC(=O)C1CN(CC2=C(C)c3ccc(OCc4ccc(C(F)(F)F)c(C5CC5)n4)cc3CC2)C1. The Labute approximate surface area is 203 Å². The molecule has 0 atom stereocenters. The molecular formula is C27H30F3N3O2. The number of likely N-dealkylation sites (tertiary alicyclic amines) is 1. The number of benzene rings is 1. The number of aryl methyl sites for hydroxylation is 1. The van der Waals surface area contributed by atoms with Gasteiger partial charge in [-0.2, -0.15) is 13.2 Å². The molecule has 1 amide bonds. The minimum Gasteiger partial charge on any atom is -0.487 e. The average Bonchev–Trinajstić information content (AvgIpc) is 3.65. The summed E-state index contributed by atoms with van der Waals surface area (Å²) in [6.07, 6.45) is -0.988. The molecular weight excluding hydrogens is 455 g/mol. The van der Waals surface area contributed by atoms with Crippen LogP contribution in [-0.2, 0) is 24.0 Å². The Kier molecular flexibility index (Phi) is 6.34. The fraction of sp³-hybridized carbons (Fsp3) is 0.481. The normalized spacial score (nSPS) is 18.8. The zero-order valence-electron chi connectivity index (χ0n) is 20.0. The lowest BCUT2D eigenvalue weighted by Crippen LogP contribution is -2.53. The molecule has 8 heteroatoms. The number of ether oxygens (including phenoxy) is 1. The van der Waals surface area contributed by atoms with Crippen molar-refractivity contribution in [2.24, 2.45) is 5.92 Å². The molecule has 0 spiro atoms. The number of nitrogens with one attached hydrogen (secondary N) is 1. The van der Waals surface area contributed by atoms with Gasteiger partial charge in [0.15, 0.2) is 0 Å². The summed E-state index contributed by atoms with van der Waals surface area (Å²) in [5.41, 5.74) is 5.16. The van der Waals surface area contributed by atoms with Crippen molar-refractivity contribution in [1.29, 1.82) is 0 Å². The molecule has 35 heavy (non-hydrogen) atoms. The highest BCUT2D eigenvalue weighted by Crippen LogP contribution is 2.45. The molecule has 0 bridgehead atoms. The summed E-state index contributed by atoms with van der Waals surface area (Å²) < 4.78 is 45.8. The molecule has 2 aromatic rings. The molecule has 1 saturated carbocycles. The molecule has 5 rings (SSSR count). The third-order valence-electron chi connectivity index (χ3n) is 7.33. The lowest BCUT2D eigenvalue weighted by Gasteiger charge is -2.39. The fourth-order valence-corrected chi connectivity index (χ4v) is 5.09. The van der Waals surface area contributed by atoms with Crippen molar-refractivity contribution in [1.82, 2.24) is 15.2 Å². The molecule has 2 heterocycles. The van der Waals surface area contributed by atoms with Crippen LogP contribution in [0.25, 0.3) is 5.57 Å². The van der Waals surface area contributed by atoms with E-state index in [9.17, 15) is 18.0 Å². The summed E-state index contributed by atoms with van der Waals surface area (Å²) in [6.45, 7) is 4.78. The molecule has 1 saturated heterocycles. The molecule has 1 aliphatic heterocycles. The number of fused-ring (bicyclic) bond motifs is 1. The van der Waals surface area contributed by atoms with Gasteiger partial charge in [0.2, 0.25) is 5.91 Å². The fourth-order valence-electron chi connectivity index (χ4n) is 5.09. The van der Waals surface area contributed by atoms with E-state index in [0.717, 1.165) is 51.4 Å². The van der Waals surface area contributed by atoms with Gasteiger partial charge in [0.05, 0.1) is 22.9 Å². The Balaban J connectivity index is 1.23. The molecule has 3 aliphatic rings. The third-order valence-corrected chi connectivity index (χ3v) is 7.33. The first-order valence-electron chi connectivity index (χ1n) is 12.2. The number of pyridine rings is 1. The zero-order chi connectivity index (χ0) is 24.7. The van der Waals surface area contributed by atoms with Gasteiger partial charge in [-0.1, -0.05) is 11.6 Å². The third kappa shape index (κ3) is 5.08. The van der Waals surface area contributed by atoms with E-state index in [2.05, 4.69) is 28.2 Å². The van der Waals surface area contributed by atoms with Crippen molar-refractivity contribution in [2.75, 3.05) is 26.7 Å². The molecule has 1 aromatic carbocycles. The Bertz CT molecular complexity index is 1160. The van der Waals surface area contributed by atoms with Crippen LogP contribution < -0.4 is 10.1 Å². The van der Waals surface area contributed by atoms with E-state index in [0.29, 0.717) is 11.4 Å². The summed E-state index contributed by atoms with van der Waals surface area (Å²) in [5.74, 6) is 0.816. The first-order valence-corrected chi connectivity index (χ1v) is 12.2. The van der Waals surface area contributed by atoms with Crippen LogP contribution in [0.5, 0.6) is 5.75 Å². The molecule has 186 valence electrons. The minimum absolute atomic E-state index is 0.0924. The number of rotatable bonds is 7. The highest BCUT2D eigenvalue weighted by atomic mass is 19.4. The van der Waals surface area contributed by atoms with Gasteiger partial charge in [0.25, 0.3) is 0 Å². The van der Waals surface area contributed by atoms with Crippen LogP contribution in [0, 0.1) is 5.92 Å². The zero-order valence-corrected chi connectivity index (χ0v) is 20.0. The lowest BCUT2D eigenvalue weighted by atomic mass is 9.85. The maximum absolute atomic E-state index is 13.3. The Morgan fingerprint density at radius 2 is 1.94 bits per heavy atom. The van der Waals surface area contributed by atoms with Gasteiger partial charge in [-0.3, -0.25) is 14.7 Å². The summed E-state index contributed by atoms with van der Waals surface area (Å²) in [7, 11) is 1.68. The second kappa shape index (κ2) is 9.30. The van der Waals surface area contributed by atoms with Crippen LogP contribution in [0.1, 0.15) is 60.2 Å². The van der Waals surface area contributed by atoms with E-state index in [1.165, 1.54) is 28.3 Å². The summed E-state index contributed by atoms with van der Waals surface area (Å²) in [5, 5.41) is 2.72. The van der Waals surface area contributed by atoms with Gasteiger partial charge in [-0.25, -0.2) is 0 Å². The van der Waals surface area contributed by atoms with Crippen molar-refractivity contribution in [2.45, 2.75) is 51.3 Å². The van der Waals surface area contributed by atoms with Crippen LogP contribution in [0.2, 0.25) is 0 Å². The Hall–Kier alpha value is -2.87. The Morgan fingerprint density at radius 1 is 1.17 bits per heavy atom. The van der Waals surface area contributed by atoms with Crippen molar-refractivity contribution in [3.05, 3.63) is 64.0 Å². The van der Waals surface area contributed by atoms with E-state index in [1.54, 1.807) is 7.05 Å². The second-order valence-corrected chi connectivity index (χ2v) is 9.85. The van der Waals surface area contributed by atoms with Gasteiger partial charge in [0, 0.05) is 32.6 Å². The van der Waals surface area contributed by atoms with Crippen LogP contribution in [0.3, 0.4) is 0 Å². The van der Waals surface area contributed by atoms with Crippen LogP contribution in [-0.4, -0.2) is 42.5 Å². The highest BCUT2D eigenvalue weighted by Gasteiger charge is 2.39. The van der Waals surface area contributed by atoms with Gasteiger partial charge < -0.3 is 10.1 Å². The summed E-state index contributed by atoms with van der Waals surface area (Å²) >= 11 is 0. The van der Waals surface area contributed by atoms with Gasteiger partial charge >= 0.3 is 6.18 Å². The molecule has 2 aliphatic carbocycles. The van der Waals surface area contributed by atoms with Crippen molar-refractivity contribution in [3.63, 3.8) is 0 Å². The van der Waals surface area contributed by atoms with Gasteiger partial charge in [-0.05, 0) is 73.6 Å². The number of carbonyl (C=O) groups is 1. The van der Waals surface area contributed by atoms with Crippen LogP contribution in [0.15, 0.2) is 35.9 Å². The number of nitrogens with zero attached hydrogens (tertiary/aromatic N) is 2. The van der Waals surface area contributed by atoms with Crippen molar-refractivity contribution < 1.29 is 22.7 Å². The van der Waals surface area contributed by atoms with E-state index >= 15 is 0 Å². The summed E-state index contributed by atoms with van der Waals surface area (Å²) in [4.78, 5) is 18.3. The predicted molar refractivity (Wildman–Crippen MR) is 127 cm³/mol. The van der Waals surface area contributed by atoms with Crippen molar-refractivity contribution >= 4 is 11.5 Å². The standard InChI is InChI=1S/C27H30F3N3O2/c1-16-19(12-33-13-20(14-33)26(34)31-2)6-5-18-11-22(8-9-23(16)18)35-15-21-7-10-24(27(28,29)30)25(32-21)17-3-4-17/h7-11,17,20H,3-6,12-15H2,1-2H3,(H,31,34).